The van der Waals surface area contributed by atoms with E-state index in [1.165, 1.54) is 16.2 Å². The molecule has 0 fully saturated rings. The third-order valence-corrected chi connectivity index (χ3v) is 5.85. The summed E-state index contributed by atoms with van der Waals surface area (Å²) in [6.45, 7) is 0. The van der Waals surface area contributed by atoms with Crippen LogP contribution in [-0.4, -0.2) is 18.0 Å². The van der Waals surface area contributed by atoms with Crippen molar-refractivity contribution in [3.8, 4) is 11.8 Å². The molecule has 0 bridgehead atoms. The van der Waals surface area contributed by atoms with Crippen molar-refractivity contribution in [1.29, 1.82) is 5.26 Å². The normalized spacial score (nSPS) is 13.1. The Morgan fingerprint density at radius 3 is 2.92 bits per heavy atom. The number of carbonyl (C=O) groups is 1. The fraction of sp³-hybridized carbons (Fsp3) is 0.250. The first-order chi connectivity index (χ1) is 12.7. The maximum atomic E-state index is 12.7. The van der Waals surface area contributed by atoms with E-state index in [-0.39, 0.29) is 5.91 Å². The number of thiophene rings is 1. The first-order valence-electron chi connectivity index (χ1n) is 8.50. The Morgan fingerprint density at radius 2 is 2.12 bits per heavy atom. The number of carbonyl (C=O) groups excluding carboxylic acids is 1. The van der Waals surface area contributed by atoms with Crippen molar-refractivity contribution >= 4 is 33.1 Å². The van der Waals surface area contributed by atoms with Crippen molar-refractivity contribution in [3.63, 3.8) is 0 Å². The minimum Gasteiger partial charge on any atom is -0.497 e. The van der Waals surface area contributed by atoms with Crippen molar-refractivity contribution < 1.29 is 9.53 Å². The van der Waals surface area contributed by atoms with Crippen molar-refractivity contribution in [1.82, 2.24) is 4.98 Å². The third-order valence-electron chi connectivity index (χ3n) is 4.64. The number of fused-ring (bicyclic) bond motifs is 2. The van der Waals surface area contributed by atoms with E-state index in [4.69, 9.17) is 4.74 Å². The van der Waals surface area contributed by atoms with E-state index in [0.717, 1.165) is 47.9 Å². The van der Waals surface area contributed by atoms with Gasteiger partial charge >= 0.3 is 0 Å². The maximum absolute atomic E-state index is 12.7. The molecule has 1 amide bonds. The van der Waals surface area contributed by atoms with Crippen LogP contribution in [0.2, 0.25) is 0 Å². The summed E-state index contributed by atoms with van der Waals surface area (Å²) >= 11 is 1.52. The van der Waals surface area contributed by atoms with Crippen molar-refractivity contribution in [3.05, 3.63) is 52.0 Å². The van der Waals surface area contributed by atoms with Crippen molar-refractivity contribution in [2.75, 3.05) is 12.4 Å². The summed E-state index contributed by atoms with van der Waals surface area (Å²) in [6, 6.07) is 11.3. The van der Waals surface area contributed by atoms with Crippen LogP contribution < -0.4 is 10.1 Å². The van der Waals surface area contributed by atoms with Crippen LogP contribution >= 0.6 is 11.3 Å². The molecule has 0 atom stereocenters. The zero-order valence-corrected chi connectivity index (χ0v) is 15.2. The van der Waals surface area contributed by atoms with Crippen molar-refractivity contribution in [2.45, 2.75) is 25.7 Å². The molecule has 2 aromatic heterocycles. The number of methoxy groups -OCH3 is 1. The van der Waals surface area contributed by atoms with Crippen LogP contribution in [0.4, 0.5) is 5.00 Å². The molecular formula is C20H17N3O2S. The van der Waals surface area contributed by atoms with Gasteiger partial charge in [0.15, 0.2) is 0 Å². The van der Waals surface area contributed by atoms with Gasteiger partial charge in [0.05, 0.1) is 18.2 Å². The lowest BCUT2D eigenvalue weighted by Crippen LogP contribution is -2.13. The summed E-state index contributed by atoms with van der Waals surface area (Å²) in [6.07, 6.45) is 4.14. The molecule has 0 spiro atoms. The van der Waals surface area contributed by atoms with E-state index in [0.29, 0.717) is 16.3 Å². The van der Waals surface area contributed by atoms with Gasteiger partial charge in [0.1, 0.15) is 22.5 Å². The number of pyridine rings is 1. The van der Waals surface area contributed by atoms with Crippen LogP contribution in [0.1, 0.15) is 39.3 Å². The molecule has 2 heterocycles. The summed E-state index contributed by atoms with van der Waals surface area (Å²) in [4.78, 5) is 18.3. The van der Waals surface area contributed by atoms with Crippen LogP contribution in [0.5, 0.6) is 5.75 Å². The smallest absolute Gasteiger partial charge is 0.274 e. The number of hydrogen-bond acceptors (Lipinski definition) is 5. The minimum atomic E-state index is -0.294. The highest BCUT2D eigenvalue weighted by Gasteiger charge is 2.22. The van der Waals surface area contributed by atoms with E-state index in [1.54, 1.807) is 13.2 Å². The van der Waals surface area contributed by atoms with E-state index in [9.17, 15) is 10.1 Å². The van der Waals surface area contributed by atoms with Gasteiger partial charge in [-0.3, -0.25) is 4.79 Å². The number of anilines is 1. The molecular weight excluding hydrogens is 346 g/mol. The molecule has 1 aliphatic rings. The Morgan fingerprint density at radius 1 is 1.27 bits per heavy atom. The van der Waals surface area contributed by atoms with E-state index in [2.05, 4.69) is 16.4 Å². The van der Waals surface area contributed by atoms with Crippen LogP contribution in [0.15, 0.2) is 30.3 Å². The fourth-order valence-electron chi connectivity index (χ4n) is 3.30. The number of nitriles is 1. The summed E-state index contributed by atoms with van der Waals surface area (Å²) in [7, 11) is 1.61. The zero-order valence-electron chi connectivity index (χ0n) is 14.3. The summed E-state index contributed by atoms with van der Waals surface area (Å²) in [5, 5.41) is 14.0. The number of hydrogen-bond donors (Lipinski definition) is 1. The topological polar surface area (TPSA) is 75.0 Å². The highest BCUT2D eigenvalue weighted by atomic mass is 32.1. The van der Waals surface area contributed by atoms with Crippen LogP contribution in [0, 0.1) is 11.3 Å². The largest absolute Gasteiger partial charge is 0.497 e. The van der Waals surface area contributed by atoms with Crippen LogP contribution in [0.25, 0.3) is 10.9 Å². The Labute approximate surface area is 155 Å². The number of nitrogens with one attached hydrogen (secondary N) is 1. The Bertz CT molecular complexity index is 1050. The highest BCUT2D eigenvalue weighted by molar-refractivity contribution is 7.16. The van der Waals surface area contributed by atoms with E-state index < -0.39 is 0 Å². The first kappa shape index (κ1) is 16.6. The molecule has 3 aromatic rings. The number of ether oxygens (including phenoxy) is 1. The standard InChI is InChI=1S/C20H17N3O2S/c1-25-13-7-9-16-12(10-13)6-8-17(22-16)19(24)23-20-15(11-21)14-4-2-3-5-18(14)26-20/h6-10H,2-5H2,1H3,(H,23,24). The second kappa shape index (κ2) is 6.77. The van der Waals surface area contributed by atoms with Gasteiger partial charge in [-0.2, -0.15) is 5.26 Å². The average molecular weight is 363 g/mol. The number of aryl methyl sites for hydroxylation is 1. The quantitative estimate of drug-likeness (QED) is 0.752. The van der Waals surface area contributed by atoms with Crippen LogP contribution in [0.3, 0.4) is 0 Å². The molecule has 5 nitrogen and oxygen atoms in total. The molecule has 4 rings (SSSR count). The molecule has 0 saturated carbocycles. The lowest BCUT2D eigenvalue weighted by Gasteiger charge is -2.09. The molecule has 0 radical (unpaired) electrons. The SMILES string of the molecule is COc1ccc2nc(C(=O)Nc3sc4c(c3C#N)CCCC4)ccc2c1. The summed E-state index contributed by atoms with van der Waals surface area (Å²) in [5.74, 6) is 0.456. The Balaban J connectivity index is 1.63. The van der Waals surface area contributed by atoms with E-state index >= 15 is 0 Å². The number of amides is 1. The number of rotatable bonds is 3. The van der Waals surface area contributed by atoms with Crippen molar-refractivity contribution in [2.24, 2.45) is 0 Å². The van der Waals surface area contributed by atoms with Gasteiger partial charge in [0.2, 0.25) is 0 Å². The van der Waals surface area contributed by atoms with Gasteiger partial charge < -0.3 is 10.1 Å². The van der Waals surface area contributed by atoms with Gasteiger partial charge in [0, 0.05) is 10.3 Å². The van der Waals surface area contributed by atoms with Gasteiger partial charge in [-0.05, 0) is 55.5 Å². The molecule has 0 saturated heterocycles. The summed E-state index contributed by atoms with van der Waals surface area (Å²) < 4.78 is 5.21. The maximum Gasteiger partial charge on any atom is 0.274 e. The number of benzene rings is 1. The predicted molar refractivity (Wildman–Crippen MR) is 102 cm³/mol. The Hall–Kier alpha value is -2.91. The molecule has 130 valence electrons. The minimum absolute atomic E-state index is 0.294. The second-order valence-electron chi connectivity index (χ2n) is 6.24. The van der Waals surface area contributed by atoms with Gasteiger partial charge in [0.25, 0.3) is 5.91 Å². The molecule has 26 heavy (non-hydrogen) atoms. The van der Waals surface area contributed by atoms with Gasteiger partial charge in [-0.1, -0.05) is 6.07 Å². The highest BCUT2D eigenvalue weighted by Crippen LogP contribution is 2.37. The lowest BCUT2D eigenvalue weighted by molar-refractivity contribution is 0.102. The van der Waals surface area contributed by atoms with E-state index in [1.807, 2.05) is 24.3 Å². The zero-order chi connectivity index (χ0) is 18.1. The molecule has 1 N–H and O–H groups in total. The molecule has 1 aliphatic carbocycles. The van der Waals surface area contributed by atoms with Crippen LogP contribution in [-0.2, 0) is 12.8 Å². The third kappa shape index (κ3) is 2.91. The average Bonchev–Trinajstić information content (AvgIpc) is 3.03. The predicted octanol–water partition coefficient (Wildman–Crippen LogP) is 4.31. The molecule has 1 aromatic carbocycles. The fourth-order valence-corrected chi connectivity index (χ4v) is 4.53. The van der Waals surface area contributed by atoms with Gasteiger partial charge in [-0.25, -0.2) is 4.98 Å². The summed E-state index contributed by atoms with van der Waals surface area (Å²) in [5.41, 5.74) is 2.78. The molecule has 0 unspecified atom stereocenters. The first-order valence-corrected chi connectivity index (χ1v) is 9.32. The number of aromatic nitrogens is 1. The lowest BCUT2D eigenvalue weighted by atomic mass is 9.96. The molecule has 0 aliphatic heterocycles. The van der Waals surface area contributed by atoms with Gasteiger partial charge in [-0.15, -0.1) is 11.3 Å². The Kier molecular flexibility index (Phi) is 4.31. The monoisotopic (exact) mass is 363 g/mol. The molecule has 6 heteroatoms. The number of nitrogens with zero attached hydrogens (tertiary/aromatic N) is 2. The second-order valence-corrected chi connectivity index (χ2v) is 7.34.